The van der Waals surface area contributed by atoms with Crippen molar-refractivity contribution in [3.8, 4) is 0 Å². The van der Waals surface area contributed by atoms with E-state index in [-0.39, 0.29) is 31.8 Å². The summed E-state index contributed by atoms with van der Waals surface area (Å²) in [6.45, 7) is -0.282. The van der Waals surface area contributed by atoms with Gasteiger partial charge < -0.3 is 20.7 Å². The minimum Gasteiger partial charge on any atom is -0.368 e. The quantitative estimate of drug-likeness (QED) is 0.447. The number of fused-ring (bicyclic) bond motifs is 4. The third-order valence-electron chi connectivity index (χ3n) is 8.26. The lowest BCUT2D eigenvalue weighted by Crippen LogP contribution is -2.77. The summed E-state index contributed by atoms with van der Waals surface area (Å²) in [5.74, 6) is -1.70. The van der Waals surface area contributed by atoms with Crippen molar-refractivity contribution >= 4 is 29.3 Å². The number of ether oxygens (including phenoxy) is 3. The molecular weight excluding hydrogens is 507 g/mol. The van der Waals surface area contributed by atoms with Gasteiger partial charge in [-0.2, -0.15) is 0 Å². The zero-order chi connectivity index (χ0) is 25.7. The van der Waals surface area contributed by atoms with Gasteiger partial charge in [0.05, 0.1) is 23.7 Å². The van der Waals surface area contributed by atoms with Gasteiger partial charge in [-0.3, -0.25) is 23.9 Å². The Hall–Kier alpha value is -1.63. The minimum absolute atomic E-state index is 0.117. The maximum atomic E-state index is 13.8. The van der Waals surface area contributed by atoms with Crippen molar-refractivity contribution < 1.29 is 41.8 Å². The first-order valence-electron chi connectivity index (χ1n) is 12.6. The van der Waals surface area contributed by atoms with Crippen LogP contribution in [0.2, 0.25) is 0 Å². The SMILES string of the molecule is O=C(COC1CCC(Cl)C(F)C1)NC12CCC(NC(=O)C3CCC4OC(F)(F)OC4C3)(CC1)NC2=O. The van der Waals surface area contributed by atoms with Crippen molar-refractivity contribution in [1.82, 2.24) is 16.0 Å². The molecule has 3 amide bonds. The van der Waals surface area contributed by atoms with Gasteiger partial charge in [-0.05, 0) is 57.8 Å². The van der Waals surface area contributed by atoms with Crippen LogP contribution in [0.3, 0.4) is 0 Å². The van der Waals surface area contributed by atoms with Gasteiger partial charge in [-0.15, -0.1) is 20.4 Å². The first-order chi connectivity index (χ1) is 17.0. The summed E-state index contributed by atoms with van der Waals surface area (Å²) in [6, 6.07) is 0. The molecule has 6 rings (SSSR count). The van der Waals surface area contributed by atoms with E-state index < -0.39 is 65.1 Å². The summed E-state index contributed by atoms with van der Waals surface area (Å²) in [6.07, 6.45) is -3.33. The fourth-order valence-electron chi connectivity index (χ4n) is 6.14. The minimum atomic E-state index is -3.63. The molecule has 3 heterocycles. The maximum absolute atomic E-state index is 13.8. The number of rotatable bonds is 6. The van der Waals surface area contributed by atoms with E-state index in [9.17, 15) is 27.6 Å². The number of carbonyl (C=O) groups is 3. The smallest absolute Gasteiger partial charge is 0.368 e. The number of hydrogen-bond donors (Lipinski definition) is 3. The Labute approximate surface area is 211 Å². The van der Waals surface area contributed by atoms with E-state index in [0.29, 0.717) is 44.9 Å². The van der Waals surface area contributed by atoms with Gasteiger partial charge in [0.25, 0.3) is 0 Å². The molecule has 6 aliphatic rings. The second-order valence-electron chi connectivity index (χ2n) is 10.7. The van der Waals surface area contributed by atoms with Crippen LogP contribution in [-0.2, 0) is 28.6 Å². The second kappa shape index (κ2) is 9.59. The predicted octanol–water partition coefficient (Wildman–Crippen LogP) is 2.01. The lowest BCUT2D eigenvalue weighted by Gasteiger charge is -2.53. The van der Waals surface area contributed by atoms with E-state index in [1.165, 1.54) is 0 Å². The summed E-state index contributed by atoms with van der Waals surface area (Å²) in [5.41, 5.74) is -2.04. The van der Waals surface area contributed by atoms with Crippen LogP contribution in [0.5, 0.6) is 0 Å². The molecule has 3 saturated heterocycles. The van der Waals surface area contributed by atoms with Crippen LogP contribution in [0.4, 0.5) is 13.2 Å². The first kappa shape index (κ1) is 26.0. The van der Waals surface area contributed by atoms with Crippen LogP contribution in [0.1, 0.15) is 64.2 Å². The van der Waals surface area contributed by atoms with Gasteiger partial charge in [-0.1, -0.05) is 0 Å². The Kier molecular flexibility index (Phi) is 6.93. The fourth-order valence-corrected chi connectivity index (χ4v) is 6.37. The lowest BCUT2D eigenvalue weighted by atomic mass is 9.70. The molecular formula is C23H31ClF3N3O6. The van der Waals surface area contributed by atoms with Gasteiger partial charge in [-0.25, -0.2) is 4.39 Å². The molecule has 3 saturated carbocycles. The number of halogens is 4. The van der Waals surface area contributed by atoms with Crippen LogP contribution in [0.25, 0.3) is 0 Å². The van der Waals surface area contributed by atoms with Crippen molar-refractivity contribution in [2.24, 2.45) is 5.92 Å². The average molecular weight is 538 g/mol. The molecule has 6 fully saturated rings. The second-order valence-corrected chi connectivity index (χ2v) is 11.3. The molecule has 202 valence electrons. The van der Waals surface area contributed by atoms with Crippen molar-refractivity contribution in [2.75, 3.05) is 6.61 Å². The number of nitrogens with one attached hydrogen (secondary N) is 3. The average Bonchev–Trinajstić information content (AvgIpc) is 3.14. The van der Waals surface area contributed by atoms with Gasteiger partial charge in [0, 0.05) is 12.3 Å². The molecule has 6 unspecified atom stereocenters. The van der Waals surface area contributed by atoms with E-state index >= 15 is 0 Å². The molecule has 13 heteroatoms. The van der Waals surface area contributed by atoms with E-state index in [1.807, 2.05) is 0 Å². The fraction of sp³-hybridized carbons (Fsp3) is 0.870. The Morgan fingerprint density at radius 3 is 2.44 bits per heavy atom. The molecule has 3 N–H and O–H groups in total. The van der Waals surface area contributed by atoms with E-state index in [0.717, 1.165) is 0 Å². The zero-order valence-electron chi connectivity index (χ0n) is 19.7. The molecule has 0 spiro atoms. The maximum Gasteiger partial charge on any atom is 0.486 e. The highest BCUT2D eigenvalue weighted by atomic mass is 35.5. The van der Waals surface area contributed by atoms with Crippen molar-refractivity contribution in [3.63, 3.8) is 0 Å². The number of amides is 3. The van der Waals surface area contributed by atoms with Crippen molar-refractivity contribution in [2.45, 2.75) is 112 Å². The third kappa shape index (κ3) is 5.19. The number of carbonyl (C=O) groups excluding carboxylic acids is 3. The van der Waals surface area contributed by atoms with Crippen LogP contribution >= 0.6 is 11.6 Å². The van der Waals surface area contributed by atoms with Gasteiger partial charge >= 0.3 is 6.29 Å². The predicted molar refractivity (Wildman–Crippen MR) is 119 cm³/mol. The summed E-state index contributed by atoms with van der Waals surface area (Å²) >= 11 is 5.88. The van der Waals surface area contributed by atoms with Gasteiger partial charge in [0.1, 0.15) is 24.0 Å². The molecule has 0 aromatic rings. The molecule has 3 aliphatic heterocycles. The Morgan fingerprint density at radius 1 is 1.03 bits per heavy atom. The van der Waals surface area contributed by atoms with E-state index in [1.54, 1.807) is 0 Å². The molecule has 6 atom stereocenters. The molecule has 36 heavy (non-hydrogen) atoms. The molecule has 0 radical (unpaired) electrons. The third-order valence-corrected chi connectivity index (χ3v) is 8.75. The van der Waals surface area contributed by atoms with Gasteiger partial charge in [0.2, 0.25) is 17.7 Å². The monoisotopic (exact) mass is 537 g/mol. The number of piperidine rings is 2. The largest absolute Gasteiger partial charge is 0.486 e. The van der Waals surface area contributed by atoms with Crippen LogP contribution in [0, 0.1) is 5.92 Å². The molecule has 0 aromatic carbocycles. The number of hydrogen-bond acceptors (Lipinski definition) is 6. The summed E-state index contributed by atoms with van der Waals surface area (Å²) in [5, 5.41) is 8.04. The highest BCUT2D eigenvalue weighted by Gasteiger charge is 2.57. The van der Waals surface area contributed by atoms with Crippen molar-refractivity contribution in [1.29, 1.82) is 0 Å². The lowest BCUT2D eigenvalue weighted by molar-refractivity contribution is -0.351. The normalized spacial score (nSPS) is 43.4. The van der Waals surface area contributed by atoms with Crippen LogP contribution < -0.4 is 16.0 Å². The highest BCUT2D eigenvalue weighted by molar-refractivity contribution is 6.21. The first-order valence-corrected chi connectivity index (χ1v) is 13.0. The Balaban J connectivity index is 1.11. The topological polar surface area (TPSA) is 115 Å². The highest BCUT2D eigenvalue weighted by Crippen LogP contribution is 2.42. The standard InChI is InChI=1S/C23H31ClF3N3O6/c24-14-3-2-13(10-15(14)25)34-11-18(31)28-21-5-7-22(8-6-21,30-20(21)33)29-19(32)12-1-4-16-17(9-12)36-23(26,27)35-16/h12-17H,1-11H2,(H,28,31)(H,29,32)(H,30,33). The van der Waals surface area contributed by atoms with E-state index in [4.69, 9.17) is 16.3 Å². The van der Waals surface area contributed by atoms with E-state index in [2.05, 4.69) is 25.4 Å². The van der Waals surface area contributed by atoms with Gasteiger partial charge in [0.15, 0.2) is 0 Å². The molecule has 2 bridgehead atoms. The summed E-state index contributed by atoms with van der Waals surface area (Å²) in [7, 11) is 0. The zero-order valence-corrected chi connectivity index (χ0v) is 20.5. The number of alkyl halides is 4. The Morgan fingerprint density at radius 2 is 1.75 bits per heavy atom. The summed E-state index contributed by atoms with van der Waals surface area (Å²) in [4.78, 5) is 38.5. The molecule has 9 nitrogen and oxygen atoms in total. The van der Waals surface area contributed by atoms with Crippen LogP contribution in [0.15, 0.2) is 0 Å². The Bertz CT molecular complexity index is 902. The molecule has 3 aliphatic carbocycles. The molecule has 0 aromatic heterocycles. The van der Waals surface area contributed by atoms with Crippen molar-refractivity contribution in [3.05, 3.63) is 0 Å². The van der Waals surface area contributed by atoms with Crippen LogP contribution in [-0.4, -0.2) is 71.7 Å². The summed E-state index contributed by atoms with van der Waals surface area (Å²) < 4.78 is 55.3.